The molecule has 3 rings (SSSR count). The maximum atomic E-state index is 12.2. The van der Waals surface area contributed by atoms with E-state index in [1.807, 2.05) is 12.1 Å². The zero-order valence-corrected chi connectivity index (χ0v) is 12.1. The molecule has 106 valence electrons. The van der Waals surface area contributed by atoms with Gasteiger partial charge in [0.2, 0.25) is 0 Å². The third-order valence-corrected chi connectivity index (χ3v) is 4.78. The van der Waals surface area contributed by atoms with Crippen molar-refractivity contribution < 1.29 is 8.42 Å². The van der Waals surface area contributed by atoms with Gasteiger partial charge in [0.1, 0.15) is 4.90 Å². The molecule has 6 heteroatoms. The Balaban J connectivity index is 1.87. The Morgan fingerprint density at radius 1 is 1.30 bits per heavy atom. The van der Waals surface area contributed by atoms with Crippen molar-refractivity contribution in [3.05, 3.63) is 42.2 Å². The number of fused-ring (bicyclic) bond motifs is 1. The summed E-state index contributed by atoms with van der Waals surface area (Å²) in [7, 11) is -1.72. The number of hydrogen-bond acceptors (Lipinski definition) is 3. The molecule has 0 spiro atoms. The predicted octanol–water partition coefficient (Wildman–Crippen LogP) is 2.18. The lowest BCUT2D eigenvalue weighted by molar-refractivity contribution is 0.601. The molecule has 0 saturated carbocycles. The second-order valence-corrected chi connectivity index (χ2v) is 6.70. The highest BCUT2D eigenvalue weighted by Crippen LogP contribution is 2.26. The van der Waals surface area contributed by atoms with Crippen LogP contribution < -0.4 is 10.0 Å². The first-order valence-corrected chi connectivity index (χ1v) is 8.04. The summed E-state index contributed by atoms with van der Waals surface area (Å²) in [5.41, 5.74) is 2.86. The lowest BCUT2D eigenvalue weighted by Crippen LogP contribution is -2.15. The molecule has 0 amide bonds. The van der Waals surface area contributed by atoms with Crippen molar-refractivity contribution in [2.45, 2.75) is 17.7 Å². The topological polar surface area (TPSA) is 63.1 Å². The molecule has 1 aromatic carbocycles. The second-order valence-electron chi connectivity index (χ2n) is 5.02. The van der Waals surface area contributed by atoms with Crippen molar-refractivity contribution in [3.8, 4) is 0 Å². The molecule has 0 radical (unpaired) electrons. The highest BCUT2D eigenvalue weighted by atomic mass is 32.2. The summed E-state index contributed by atoms with van der Waals surface area (Å²) in [5.74, 6) is 0. The number of sulfonamides is 1. The third-order valence-electron chi connectivity index (χ3n) is 3.41. The van der Waals surface area contributed by atoms with Gasteiger partial charge >= 0.3 is 0 Å². The van der Waals surface area contributed by atoms with Gasteiger partial charge in [-0.1, -0.05) is 0 Å². The minimum Gasteiger partial charge on any atom is -0.385 e. The van der Waals surface area contributed by atoms with Gasteiger partial charge in [-0.25, -0.2) is 8.42 Å². The Bertz CT molecular complexity index is 735. The molecule has 1 aromatic heterocycles. The summed E-state index contributed by atoms with van der Waals surface area (Å²) in [6.07, 6.45) is 5.35. The SMILES string of the molecule is Cn1ccc(S(=O)(=O)Nc2ccc3c(c2)CCCN3)c1. The maximum absolute atomic E-state index is 12.2. The van der Waals surface area contributed by atoms with Crippen molar-refractivity contribution in [2.75, 3.05) is 16.6 Å². The third kappa shape index (κ3) is 2.51. The Hall–Kier alpha value is -1.95. The number of benzene rings is 1. The smallest absolute Gasteiger partial charge is 0.263 e. The van der Waals surface area contributed by atoms with Crippen molar-refractivity contribution >= 4 is 21.4 Å². The molecule has 0 atom stereocenters. The summed E-state index contributed by atoms with van der Waals surface area (Å²) in [4.78, 5) is 0.274. The van der Waals surface area contributed by atoms with Crippen LogP contribution in [0, 0.1) is 0 Å². The molecule has 0 fully saturated rings. The number of nitrogens with zero attached hydrogens (tertiary/aromatic N) is 1. The average Bonchev–Trinajstić information content (AvgIpc) is 2.86. The fourth-order valence-corrected chi connectivity index (χ4v) is 3.49. The van der Waals surface area contributed by atoms with Crippen LogP contribution in [0.15, 0.2) is 41.6 Å². The van der Waals surface area contributed by atoms with Crippen LogP contribution in [0.1, 0.15) is 12.0 Å². The summed E-state index contributed by atoms with van der Waals surface area (Å²) in [6, 6.07) is 7.21. The first-order chi connectivity index (χ1) is 9.54. The lowest BCUT2D eigenvalue weighted by Gasteiger charge is -2.19. The van der Waals surface area contributed by atoms with Gasteiger partial charge in [-0.2, -0.15) is 0 Å². The summed E-state index contributed by atoms with van der Waals surface area (Å²) in [6.45, 7) is 0.974. The number of rotatable bonds is 3. The first-order valence-electron chi connectivity index (χ1n) is 6.56. The van der Waals surface area contributed by atoms with E-state index < -0.39 is 10.0 Å². The molecule has 5 nitrogen and oxygen atoms in total. The normalized spacial score (nSPS) is 14.4. The van der Waals surface area contributed by atoms with Crippen molar-refractivity contribution in [1.29, 1.82) is 0 Å². The molecule has 20 heavy (non-hydrogen) atoms. The molecular formula is C14H17N3O2S. The van der Waals surface area contributed by atoms with E-state index in [-0.39, 0.29) is 4.90 Å². The van der Waals surface area contributed by atoms with Crippen LogP contribution in [0.2, 0.25) is 0 Å². The van der Waals surface area contributed by atoms with Crippen LogP contribution in [-0.2, 0) is 23.5 Å². The number of aromatic nitrogens is 1. The molecule has 2 aromatic rings. The standard InChI is InChI=1S/C14H17N3O2S/c1-17-8-6-13(10-17)20(18,19)16-12-4-5-14-11(9-12)3-2-7-15-14/h4-6,8-10,15-16H,2-3,7H2,1H3. The van der Waals surface area contributed by atoms with Gasteiger partial charge in [0.25, 0.3) is 10.0 Å². The Labute approximate surface area is 118 Å². The van der Waals surface area contributed by atoms with Crippen LogP contribution in [-0.4, -0.2) is 19.5 Å². The molecule has 0 bridgehead atoms. The van der Waals surface area contributed by atoms with Gasteiger partial charge in [-0.3, -0.25) is 4.72 Å². The highest BCUT2D eigenvalue weighted by Gasteiger charge is 2.16. The lowest BCUT2D eigenvalue weighted by atomic mass is 10.0. The quantitative estimate of drug-likeness (QED) is 0.911. The van der Waals surface area contributed by atoms with E-state index in [0.717, 1.165) is 30.6 Å². The van der Waals surface area contributed by atoms with Gasteiger partial charge in [-0.15, -0.1) is 0 Å². The maximum Gasteiger partial charge on any atom is 0.263 e. The largest absolute Gasteiger partial charge is 0.385 e. The van der Waals surface area contributed by atoms with E-state index in [4.69, 9.17) is 0 Å². The van der Waals surface area contributed by atoms with E-state index in [1.165, 1.54) is 0 Å². The average molecular weight is 291 g/mol. The molecule has 2 heterocycles. The van der Waals surface area contributed by atoms with E-state index in [2.05, 4.69) is 10.0 Å². The van der Waals surface area contributed by atoms with Crippen LogP contribution in [0.3, 0.4) is 0 Å². The minimum atomic E-state index is -3.51. The molecule has 0 saturated heterocycles. The zero-order chi connectivity index (χ0) is 14.2. The van der Waals surface area contributed by atoms with Gasteiger partial charge < -0.3 is 9.88 Å². The van der Waals surface area contributed by atoms with Crippen molar-refractivity contribution in [1.82, 2.24) is 4.57 Å². The van der Waals surface area contributed by atoms with Crippen molar-refractivity contribution in [2.24, 2.45) is 7.05 Å². The molecule has 1 aliphatic heterocycles. The van der Waals surface area contributed by atoms with Gasteiger partial charge in [0, 0.05) is 37.4 Å². The van der Waals surface area contributed by atoms with Crippen LogP contribution >= 0.6 is 0 Å². The summed E-state index contributed by atoms with van der Waals surface area (Å²) >= 11 is 0. The second kappa shape index (κ2) is 4.86. The predicted molar refractivity (Wildman–Crippen MR) is 79.5 cm³/mol. The summed E-state index contributed by atoms with van der Waals surface area (Å²) < 4.78 is 28.8. The fourth-order valence-electron chi connectivity index (χ4n) is 2.39. The number of aryl methyl sites for hydroxylation is 2. The number of anilines is 2. The van der Waals surface area contributed by atoms with Crippen molar-refractivity contribution in [3.63, 3.8) is 0 Å². The Morgan fingerprint density at radius 3 is 2.90 bits per heavy atom. The monoisotopic (exact) mass is 291 g/mol. The minimum absolute atomic E-state index is 0.274. The van der Waals surface area contributed by atoms with E-state index in [0.29, 0.717) is 5.69 Å². The molecule has 0 aliphatic carbocycles. The van der Waals surface area contributed by atoms with Crippen LogP contribution in [0.5, 0.6) is 0 Å². The Morgan fingerprint density at radius 2 is 2.15 bits per heavy atom. The molecule has 2 N–H and O–H groups in total. The van der Waals surface area contributed by atoms with Crippen LogP contribution in [0.4, 0.5) is 11.4 Å². The highest BCUT2D eigenvalue weighted by molar-refractivity contribution is 7.92. The summed E-state index contributed by atoms with van der Waals surface area (Å²) in [5, 5.41) is 3.31. The van der Waals surface area contributed by atoms with Gasteiger partial charge in [0.05, 0.1) is 0 Å². The van der Waals surface area contributed by atoms with E-state index in [9.17, 15) is 8.42 Å². The van der Waals surface area contributed by atoms with Gasteiger partial charge in [0.15, 0.2) is 0 Å². The molecule has 1 aliphatic rings. The van der Waals surface area contributed by atoms with E-state index in [1.54, 1.807) is 36.1 Å². The zero-order valence-electron chi connectivity index (χ0n) is 11.3. The van der Waals surface area contributed by atoms with Gasteiger partial charge in [-0.05, 0) is 42.7 Å². The fraction of sp³-hybridized carbons (Fsp3) is 0.286. The van der Waals surface area contributed by atoms with E-state index >= 15 is 0 Å². The Kier molecular flexibility index (Phi) is 3.17. The molecular weight excluding hydrogens is 274 g/mol. The number of hydrogen-bond donors (Lipinski definition) is 2. The molecule has 0 unspecified atom stereocenters. The number of nitrogens with one attached hydrogen (secondary N) is 2. The first kappa shape index (κ1) is 13.1. The van der Waals surface area contributed by atoms with Crippen LogP contribution in [0.25, 0.3) is 0 Å².